The summed E-state index contributed by atoms with van der Waals surface area (Å²) in [7, 11) is 0. The molecule has 3 heteroatoms. The molecule has 2 aromatic carbocycles. The third kappa shape index (κ3) is 2.71. The maximum atomic E-state index is 14.1. The maximum Gasteiger partial charge on any atom is 0.129 e. The van der Waals surface area contributed by atoms with E-state index in [0.717, 1.165) is 16.5 Å². The second-order valence-corrected chi connectivity index (χ2v) is 7.00. The van der Waals surface area contributed by atoms with Gasteiger partial charge >= 0.3 is 0 Å². The summed E-state index contributed by atoms with van der Waals surface area (Å²) in [6.45, 7) is 0. The highest BCUT2D eigenvalue weighted by Crippen LogP contribution is 2.38. The molecule has 0 bridgehead atoms. The molecule has 3 rings (SSSR count). The lowest BCUT2D eigenvalue weighted by Gasteiger charge is -2.19. The number of benzene rings is 2. The molecule has 0 aliphatic heterocycles. The predicted octanol–water partition coefficient (Wildman–Crippen LogP) is 5.95. The van der Waals surface area contributed by atoms with Crippen molar-refractivity contribution in [1.82, 2.24) is 0 Å². The van der Waals surface area contributed by atoms with E-state index in [1.165, 1.54) is 36.5 Å². The molecule has 2 aromatic rings. The van der Waals surface area contributed by atoms with Gasteiger partial charge in [0, 0.05) is 10.0 Å². The molecule has 0 aromatic heterocycles. The van der Waals surface area contributed by atoms with Crippen molar-refractivity contribution < 1.29 is 4.39 Å². The van der Waals surface area contributed by atoms with Gasteiger partial charge in [-0.15, -0.1) is 0 Å². The molecular weight excluding hydrogens is 383 g/mol. The molecule has 104 valence electrons. The van der Waals surface area contributed by atoms with Crippen molar-refractivity contribution >= 4 is 31.9 Å². The van der Waals surface area contributed by atoms with E-state index >= 15 is 0 Å². The summed E-state index contributed by atoms with van der Waals surface area (Å²) >= 11 is 7.10. The van der Waals surface area contributed by atoms with E-state index in [9.17, 15) is 4.39 Å². The molecule has 1 unspecified atom stereocenters. The number of rotatable bonds is 2. The van der Waals surface area contributed by atoms with E-state index in [1.807, 2.05) is 6.07 Å². The first-order valence-corrected chi connectivity index (χ1v) is 8.57. The van der Waals surface area contributed by atoms with Crippen molar-refractivity contribution in [3.05, 3.63) is 68.9 Å². The third-order valence-corrected chi connectivity index (χ3v) is 5.60. The Labute approximate surface area is 135 Å². The molecular formula is C17H15Br2F. The Kier molecular flexibility index (Phi) is 4.27. The fourth-order valence-corrected chi connectivity index (χ4v) is 4.46. The van der Waals surface area contributed by atoms with Gasteiger partial charge in [-0.05, 0) is 54.5 Å². The molecule has 20 heavy (non-hydrogen) atoms. The lowest BCUT2D eigenvalue weighted by Crippen LogP contribution is -2.05. The van der Waals surface area contributed by atoms with Crippen LogP contribution in [-0.2, 0) is 12.8 Å². The standard InChI is InChI=1S/C17H15Br2F/c18-14-6-3-7-15(20)16(14)17(19)13-9-8-11-4-1-2-5-12(11)10-13/h3,6-10,17H,1-2,4-5H2. The van der Waals surface area contributed by atoms with E-state index in [-0.39, 0.29) is 10.6 Å². The Morgan fingerprint density at radius 2 is 1.75 bits per heavy atom. The summed E-state index contributed by atoms with van der Waals surface area (Å²) in [5.41, 5.74) is 4.66. The molecule has 0 spiro atoms. The van der Waals surface area contributed by atoms with Crippen molar-refractivity contribution in [2.45, 2.75) is 30.5 Å². The zero-order chi connectivity index (χ0) is 14.1. The van der Waals surface area contributed by atoms with Gasteiger partial charge in [0.05, 0.1) is 4.83 Å². The van der Waals surface area contributed by atoms with Crippen LogP contribution < -0.4 is 0 Å². The van der Waals surface area contributed by atoms with E-state index in [0.29, 0.717) is 5.56 Å². The highest BCUT2D eigenvalue weighted by Gasteiger charge is 2.19. The van der Waals surface area contributed by atoms with Crippen LogP contribution in [0.1, 0.15) is 39.9 Å². The Hall–Kier alpha value is -0.670. The largest absolute Gasteiger partial charge is 0.207 e. The van der Waals surface area contributed by atoms with Crippen molar-refractivity contribution in [3.63, 3.8) is 0 Å². The molecule has 0 nitrogen and oxygen atoms in total. The van der Waals surface area contributed by atoms with Gasteiger partial charge < -0.3 is 0 Å². The number of fused-ring (bicyclic) bond motifs is 1. The van der Waals surface area contributed by atoms with Gasteiger partial charge in [0.1, 0.15) is 5.82 Å². The number of hydrogen-bond acceptors (Lipinski definition) is 0. The highest BCUT2D eigenvalue weighted by molar-refractivity contribution is 9.11. The zero-order valence-corrected chi connectivity index (χ0v) is 14.2. The molecule has 1 aliphatic carbocycles. The van der Waals surface area contributed by atoms with Gasteiger partial charge in [0.2, 0.25) is 0 Å². The van der Waals surface area contributed by atoms with E-state index < -0.39 is 0 Å². The van der Waals surface area contributed by atoms with Gasteiger partial charge in [-0.1, -0.05) is 56.1 Å². The van der Waals surface area contributed by atoms with Crippen LogP contribution in [0.15, 0.2) is 40.9 Å². The fraction of sp³-hybridized carbons (Fsp3) is 0.294. The molecule has 0 N–H and O–H groups in total. The molecule has 0 fully saturated rings. The second-order valence-electron chi connectivity index (χ2n) is 5.23. The molecule has 0 heterocycles. The van der Waals surface area contributed by atoms with Crippen molar-refractivity contribution in [3.8, 4) is 0 Å². The van der Waals surface area contributed by atoms with Crippen LogP contribution in [0, 0.1) is 5.82 Å². The van der Waals surface area contributed by atoms with Crippen LogP contribution in [0.2, 0.25) is 0 Å². The van der Waals surface area contributed by atoms with Gasteiger partial charge in [-0.2, -0.15) is 0 Å². The first kappa shape index (κ1) is 14.3. The Bertz CT molecular complexity index is 617. The summed E-state index contributed by atoms with van der Waals surface area (Å²) in [6.07, 6.45) is 4.85. The van der Waals surface area contributed by atoms with Crippen LogP contribution in [0.4, 0.5) is 4.39 Å². The van der Waals surface area contributed by atoms with Gasteiger partial charge in [-0.25, -0.2) is 4.39 Å². The molecule has 0 amide bonds. The summed E-state index contributed by atoms with van der Waals surface area (Å²) in [5.74, 6) is -0.182. The fourth-order valence-electron chi connectivity index (χ4n) is 2.83. The van der Waals surface area contributed by atoms with Crippen LogP contribution >= 0.6 is 31.9 Å². The summed E-state index contributed by atoms with van der Waals surface area (Å²) in [4.78, 5) is -0.120. The SMILES string of the molecule is Fc1cccc(Br)c1C(Br)c1ccc2c(c1)CCCC2. The monoisotopic (exact) mass is 396 g/mol. The molecule has 1 atom stereocenters. The first-order chi connectivity index (χ1) is 9.66. The Balaban J connectivity index is 2.00. The van der Waals surface area contributed by atoms with Crippen LogP contribution in [0.25, 0.3) is 0 Å². The molecule has 1 aliphatic rings. The minimum Gasteiger partial charge on any atom is -0.207 e. The molecule has 0 radical (unpaired) electrons. The lowest BCUT2D eigenvalue weighted by atomic mass is 9.89. The predicted molar refractivity (Wildman–Crippen MR) is 88.0 cm³/mol. The van der Waals surface area contributed by atoms with E-state index in [1.54, 1.807) is 6.07 Å². The molecule has 0 saturated heterocycles. The van der Waals surface area contributed by atoms with Crippen molar-refractivity contribution in [1.29, 1.82) is 0 Å². The summed E-state index contributed by atoms with van der Waals surface area (Å²) < 4.78 is 14.9. The second kappa shape index (κ2) is 5.98. The topological polar surface area (TPSA) is 0 Å². The quantitative estimate of drug-likeness (QED) is 0.549. The number of aryl methyl sites for hydroxylation is 2. The normalized spacial score (nSPS) is 15.8. The maximum absolute atomic E-state index is 14.1. The Morgan fingerprint density at radius 3 is 2.50 bits per heavy atom. The lowest BCUT2D eigenvalue weighted by molar-refractivity contribution is 0.612. The Morgan fingerprint density at radius 1 is 1.00 bits per heavy atom. The number of hydrogen-bond donors (Lipinski definition) is 0. The smallest absolute Gasteiger partial charge is 0.129 e. The third-order valence-electron chi connectivity index (χ3n) is 3.92. The summed E-state index contributed by atoms with van der Waals surface area (Å²) in [6, 6.07) is 11.6. The van der Waals surface area contributed by atoms with Crippen molar-refractivity contribution in [2.24, 2.45) is 0 Å². The van der Waals surface area contributed by atoms with Gasteiger partial charge in [0.25, 0.3) is 0 Å². The molecule has 0 saturated carbocycles. The average molecular weight is 398 g/mol. The number of halogens is 3. The average Bonchev–Trinajstić information content (AvgIpc) is 2.46. The van der Waals surface area contributed by atoms with Gasteiger partial charge in [0.15, 0.2) is 0 Å². The summed E-state index contributed by atoms with van der Waals surface area (Å²) in [5, 5.41) is 0. The van der Waals surface area contributed by atoms with Gasteiger partial charge in [-0.3, -0.25) is 0 Å². The van der Waals surface area contributed by atoms with Crippen LogP contribution in [0.3, 0.4) is 0 Å². The van der Waals surface area contributed by atoms with Crippen molar-refractivity contribution in [2.75, 3.05) is 0 Å². The minimum atomic E-state index is -0.182. The van der Waals surface area contributed by atoms with E-state index in [2.05, 4.69) is 50.1 Å². The van der Waals surface area contributed by atoms with Crippen LogP contribution in [-0.4, -0.2) is 0 Å². The first-order valence-electron chi connectivity index (χ1n) is 6.86. The zero-order valence-electron chi connectivity index (χ0n) is 11.0. The number of alkyl halides is 1. The highest BCUT2D eigenvalue weighted by atomic mass is 79.9. The minimum absolute atomic E-state index is 0.120. The van der Waals surface area contributed by atoms with E-state index in [4.69, 9.17) is 0 Å². The van der Waals surface area contributed by atoms with Crippen LogP contribution in [0.5, 0.6) is 0 Å².